The molecular formula is C11H6ClF3N2O. The van der Waals surface area contributed by atoms with E-state index < -0.39 is 17.3 Å². The quantitative estimate of drug-likeness (QED) is 0.868. The molecule has 94 valence electrons. The van der Waals surface area contributed by atoms with Crippen LogP contribution in [0.5, 0.6) is 0 Å². The molecule has 2 aromatic rings. The highest BCUT2D eigenvalue weighted by Crippen LogP contribution is 2.36. The maximum absolute atomic E-state index is 12.6. The van der Waals surface area contributed by atoms with Crippen molar-refractivity contribution in [1.82, 2.24) is 9.97 Å². The lowest BCUT2D eigenvalue weighted by atomic mass is 10.1. The van der Waals surface area contributed by atoms with Gasteiger partial charge in [-0.3, -0.25) is 4.79 Å². The maximum Gasteiger partial charge on any atom is 0.417 e. The van der Waals surface area contributed by atoms with Crippen LogP contribution < -0.4 is 5.56 Å². The summed E-state index contributed by atoms with van der Waals surface area (Å²) in [5.74, 6) is 0. The van der Waals surface area contributed by atoms with Crippen molar-refractivity contribution in [2.75, 3.05) is 0 Å². The molecule has 0 bridgehead atoms. The number of H-pyrrole nitrogens is 1. The first-order valence-corrected chi connectivity index (χ1v) is 5.17. The van der Waals surface area contributed by atoms with E-state index in [0.29, 0.717) is 0 Å². The van der Waals surface area contributed by atoms with Crippen LogP contribution >= 0.6 is 11.6 Å². The number of rotatable bonds is 1. The molecule has 18 heavy (non-hydrogen) atoms. The van der Waals surface area contributed by atoms with Crippen molar-refractivity contribution in [1.29, 1.82) is 0 Å². The van der Waals surface area contributed by atoms with Gasteiger partial charge < -0.3 is 4.98 Å². The van der Waals surface area contributed by atoms with Crippen molar-refractivity contribution >= 4 is 11.6 Å². The summed E-state index contributed by atoms with van der Waals surface area (Å²) in [7, 11) is 0. The minimum Gasteiger partial charge on any atom is -0.326 e. The number of hydrogen-bond donors (Lipinski definition) is 1. The van der Waals surface area contributed by atoms with Gasteiger partial charge in [0.1, 0.15) is 0 Å². The summed E-state index contributed by atoms with van der Waals surface area (Å²) >= 11 is 5.50. The van der Waals surface area contributed by atoms with Crippen LogP contribution in [0.3, 0.4) is 0 Å². The van der Waals surface area contributed by atoms with E-state index in [-0.39, 0.29) is 16.3 Å². The van der Waals surface area contributed by atoms with Gasteiger partial charge in [-0.1, -0.05) is 17.7 Å². The normalized spacial score (nSPS) is 11.6. The van der Waals surface area contributed by atoms with Crippen LogP contribution in [0.15, 0.2) is 35.4 Å². The molecule has 2 rings (SSSR count). The molecule has 3 nitrogen and oxygen atoms in total. The molecule has 1 aromatic heterocycles. The number of alkyl halides is 3. The van der Waals surface area contributed by atoms with E-state index in [1.165, 1.54) is 12.3 Å². The van der Waals surface area contributed by atoms with Crippen LogP contribution in [0, 0.1) is 0 Å². The zero-order valence-electron chi connectivity index (χ0n) is 8.75. The van der Waals surface area contributed by atoms with Gasteiger partial charge in [-0.25, -0.2) is 4.98 Å². The third-order valence-electron chi connectivity index (χ3n) is 2.24. The zero-order chi connectivity index (χ0) is 13.3. The van der Waals surface area contributed by atoms with Gasteiger partial charge in [0.15, 0.2) is 0 Å². The van der Waals surface area contributed by atoms with E-state index in [9.17, 15) is 18.0 Å². The van der Waals surface area contributed by atoms with Crippen LogP contribution in [-0.2, 0) is 6.18 Å². The van der Waals surface area contributed by atoms with E-state index in [1.807, 2.05) is 0 Å². The first kappa shape index (κ1) is 12.6. The molecular weight excluding hydrogens is 269 g/mol. The van der Waals surface area contributed by atoms with Crippen molar-refractivity contribution < 1.29 is 13.2 Å². The Hall–Kier alpha value is -1.82. The van der Waals surface area contributed by atoms with Crippen LogP contribution in [0.25, 0.3) is 11.3 Å². The molecule has 0 spiro atoms. The standard InChI is InChI=1S/C11H6ClF3N2O/c12-8-2-1-6(3-7(8)11(13,14)15)9-4-17-10(18)5-16-9/h1-5H,(H,17,18). The zero-order valence-corrected chi connectivity index (χ0v) is 9.51. The van der Waals surface area contributed by atoms with E-state index in [2.05, 4.69) is 9.97 Å². The highest BCUT2D eigenvalue weighted by Gasteiger charge is 2.33. The predicted molar refractivity (Wildman–Crippen MR) is 60.3 cm³/mol. The summed E-state index contributed by atoms with van der Waals surface area (Å²) in [4.78, 5) is 16.9. The average molecular weight is 275 g/mol. The van der Waals surface area contributed by atoms with Crippen molar-refractivity contribution in [2.24, 2.45) is 0 Å². The predicted octanol–water partition coefficient (Wildman–Crippen LogP) is 3.11. The SMILES string of the molecule is O=c1cnc(-c2ccc(Cl)c(C(F)(F)F)c2)c[nH]1. The Labute approximate surface area is 104 Å². The average Bonchev–Trinajstić information content (AvgIpc) is 2.29. The van der Waals surface area contributed by atoms with Gasteiger partial charge in [0, 0.05) is 11.8 Å². The fourth-order valence-corrected chi connectivity index (χ4v) is 1.63. The van der Waals surface area contributed by atoms with Crippen LogP contribution in [0.1, 0.15) is 5.56 Å². The Kier molecular flexibility index (Phi) is 3.13. The highest BCUT2D eigenvalue weighted by atomic mass is 35.5. The van der Waals surface area contributed by atoms with Crippen LogP contribution in [-0.4, -0.2) is 9.97 Å². The highest BCUT2D eigenvalue weighted by molar-refractivity contribution is 6.31. The van der Waals surface area contributed by atoms with Gasteiger partial charge >= 0.3 is 6.18 Å². The van der Waals surface area contributed by atoms with E-state index in [0.717, 1.165) is 18.3 Å². The van der Waals surface area contributed by atoms with E-state index in [4.69, 9.17) is 11.6 Å². The number of benzene rings is 1. The molecule has 1 heterocycles. The monoisotopic (exact) mass is 274 g/mol. The molecule has 0 amide bonds. The molecule has 0 unspecified atom stereocenters. The molecule has 0 aliphatic rings. The van der Waals surface area contributed by atoms with E-state index >= 15 is 0 Å². The van der Waals surface area contributed by atoms with Gasteiger partial charge in [-0.05, 0) is 12.1 Å². The Balaban J connectivity index is 2.54. The summed E-state index contributed by atoms with van der Waals surface area (Å²) in [6.07, 6.45) is -2.29. The van der Waals surface area contributed by atoms with Crippen molar-refractivity contribution in [3.05, 3.63) is 51.5 Å². The number of nitrogens with one attached hydrogen (secondary N) is 1. The third-order valence-corrected chi connectivity index (χ3v) is 2.57. The Bertz CT molecular complexity index is 616. The molecule has 0 radical (unpaired) electrons. The second-order valence-electron chi connectivity index (χ2n) is 3.49. The van der Waals surface area contributed by atoms with Gasteiger partial charge in [0.05, 0.1) is 22.5 Å². The van der Waals surface area contributed by atoms with Crippen molar-refractivity contribution in [2.45, 2.75) is 6.18 Å². The van der Waals surface area contributed by atoms with Crippen LogP contribution in [0.4, 0.5) is 13.2 Å². The lowest BCUT2D eigenvalue weighted by molar-refractivity contribution is -0.137. The summed E-state index contributed by atoms with van der Waals surface area (Å²) in [6, 6.07) is 3.44. The summed E-state index contributed by atoms with van der Waals surface area (Å²) in [5.41, 5.74) is -0.904. The minimum atomic E-state index is -4.53. The number of nitrogens with zero attached hydrogens (tertiary/aromatic N) is 1. The van der Waals surface area contributed by atoms with Crippen LogP contribution in [0.2, 0.25) is 5.02 Å². The van der Waals surface area contributed by atoms with E-state index in [1.54, 1.807) is 0 Å². The Morgan fingerprint density at radius 1 is 1.28 bits per heavy atom. The van der Waals surface area contributed by atoms with Gasteiger partial charge in [-0.2, -0.15) is 13.2 Å². The summed E-state index contributed by atoms with van der Waals surface area (Å²) in [6.45, 7) is 0. The third kappa shape index (κ3) is 2.53. The number of aromatic amines is 1. The first-order chi connectivity index (χ1) is 8.38. The largest absolute Gasteiger partial charge is 0.417 e. The number of aromatic nitrogens is 2. The lowest BCUT2D eigenvalue weighted by Crippen LogP contribution is -2.07. The Morgan fingerprint density at radius 3 is 2.56 bits per heavy atom. The second-order valence-corrected chi connectivity index (χ2v) is 3.90. The van der Waals surface area contributed by atoms with Gasteiger partial charge in [0.25, 0.3) is 5.56 Å². The molecule has 1 aromatic carbocycles. The topological polar surface area (TPSA) is 45.8 Å². The van der Waals surface area contributed by atoms with Crippen molar-refractivity contribution in [3.8, 4) is 11.3 Å². The van der Waals surface area contributed by atoms with Gasteiger partial charge in [0.2, 0.25) is 0 Å². The molecule has 0 saturated heterocycles. The smallest absolute Gasteiger partial charge is 0.326 e. The molecule has 7 heteroatoms. The molecule has 0 aliphatic carbocycles. The molecule has 0 atom stereocenters. The molecule has 0 saturated carbocycles. The molecule has 1 N–H and O–H groups in total. The fourth-order valence-electron chi connectivity index (χ4n) is 1.40. The number of halogens is 4. The second kappa shape index (κ2) is 4.45. The number of hydrogen-bond acceptors (Lipinski definition) is 2. The summed E-state index contributed by atoms with van der Waals surface area (Å²) in [5, 5.41) is -0.379. The fraction of sp³-hybridized carbons (Fsp3) is 0.0909. The lowest BCUT2D eigenvalue weighted by Gasteiger charge is -2.10. The van der Waals surface area contributed by atoms with Gasteiger partial charge in [-0.15, -0.1) is 0 Å². The summed E-state index contributed by atoms with van der Waals surface area (Å²) < 4.78 is 37.9. The Morgan fingerprint density at radius 2 is 2.00 bits per heavy atom. The molecule has 0 fully saturated rings. The minimum absolute atomic E-state index is 0.225. The maximum atomic E-state index is 12.6. The molecule has 0 aliphatic heterocycles. The van der Waals surface area contributed by atoms with Crippen molar-refractivity contribution in [3.63, 3.8) is 0 Å². The first-order valence-electron chi connectivity index (χ1n) is 4.80.